The van der Waals surface area contributed by atoms with Gasteiger partial charge in [-0.1, -0.05) is 18.5 Å². The molecule has 1 unspecified atom stereocenters. The second kappa shape index (κ2) is 11.3. The number of pyridine rings is 1. The van der Waals surface area contributed by atoms with Gasteiger partial charge in [0.2, 0.25) is 0 Å². The molecule has 27 heavy (non-hydrogen) atoms. The van der Waals surface area contributed by atoms with Crippen LogP contribution in [0.4, 0.5) is 5.82 Å². The Hall–Kier alpha value is -0.800. The van der Waals surface area contributed by atoms with Crippen LogP contribution in [0.15, 0.2) is 23.3 Å². The summed E-state index contributed by atoms with van der Waals surface area (Å²) in [6.45, 7) is 10.1. The maximum atomic E-state index is 6.28. The Kier molecular flexibility index (Phi) is 9.38. The van der Waals surface area contributed by atoms with Crippen LogP contribution in [0.2, 0.25) is 5.02 Å². The first-order valence-electron chi connectivity index (χ1n) is 9.85. The van der Waals surface area contributed by atoms with E-state index in [9.17, 15) is 0 Å². The average molecular weight is 507 g/mol. The number of hydrogen-bond acceptors (Lipinski definition) is 4. The summed E-state index contributed by atoms with van der Waals surface area (Å²) in [5.41, 5.74) is 0. The van der Waals surface area contributed by atoms with Gasteiger partial charge in [0.25, 0.3) is 0 Å². The van der Waals surface area contributed by atoms with Crippen LogP contribution in [0.25, 0.3) is 0 Å². The van der Waals surface area contributed by atoms with Gasteiger partial charge < -0.3 is 15.5 Å². The number of aromatic nitrogens is 1. The minimum absolute atomic E-state index is 0. The molecule has 6 nitrogen and oxygen atoms in total. The number of hydrogen-bond donors (Lipinski definition) is 2. The van der Waals surface area contributed by atoms with E-state index in [4.69, 9.17) is 16.6 Å². The summed E-state index contributed by atoms with van der Waals surface area (Å²) in [5, 5.41) is 7.67. The van der Waals surface area contributed by atoms with Crippen molar-refractivity contribution in [2.24, 2.45) is 4.99 Å². The van der Waals surface area contributed by atoms with E-state index in [0.29, 0.717) is 11.1 Å². The lowest BCUT2D eigenvalue weighted by atomic mass is 10.3. The summed E-state index contributed by atoms with van der Waals surface area (Å²) in [6.07, 6.45) is 5.56. The van der Waals surface area contributed by atoms with Gasteiger partial charge >= 0.3 is 0 Å². The van der Waals surface area contributed by atoms with E-state index in [2.05, 4.69) is 39.3 Å². The number of halogens is 2. The fraction of sp³-hybridized carbons (Fsp3) is 0.684. The molecule has 0 spiro atoms. The van der Waals surface area contributed by atoms with Crippen LogP contribution in [-0.4, -0.2) is 67.2 Å². The molecule has 1 aromatic heterocycles. The minimum atomic E-state index is 0. The lowest BCUT2D eigenvalue weighted by Gasteiger charge is -2.21. The average Bonchev–Trinajstić information content (AvgIpc) is 3.38. The molecule has 2 aliphatic rings. The second-order valence-corrected chi connectivity index (χ2v) is 7.41. The van der Waals surface area contributed by atoms with Crippen molar-refractivity contribution < 1.29 is 0 Å². The van der Waals surface area contributed by atoms with Gasteiger partial charge in [0.05, 0.1) is 11.6 Å². The Balaban J connectivity index is 0.00000261. The third-order valence-corrected chi connectivity index (χ3v) is 5.33. The molecule has 1 aliphatic carbocycles. The van der Waals surface area contributed by atoms with Crippen LogP contribution in [0.5, 0.6) is 0 Å². The van der Waals surface area contributed by atoms with Crippen LogP contribution in [0.1, 0.15) is 33.1 Å². The van der Waals surface area contributed by atoms with E-state index < -0.39 is 0 Å². The van der Waals surface area contributed by atoms with E-state index in [0.717, 1.165) is 63.5 Å². The van der Waals surface area contributed by atoms with E-state index in [-0.39, 0.29) is 24.0 Å². The van der Waals surface area contributed by atoms with Crippen LogP contribution < -0.4 is 15.5 Å². The number of nitrogens with zero attached hydrogens (tertiary/aromatic N) is 4. The third-order valence-electron chi connectivity index (χ3n) is 5.04. The van der Waals surface area contributed by atoms with Gasteiger partial charge in [0.15, 0.2) is 5.96 Å². The zero-order chi connectivity index (χ0) is 18.4. The molecule has 1 aromatic rings. The quantitative estimate of drug-likeness (QED) is 0.323. The standard InChI is InChI=1S/C19H31ClN6.HI/c1-3-21-19(23-11-13-25(4-2)16-7-8-16)24-15-9-12-26(14-15)18-17(20)6-5-10-22-18;/h5-6,10,15-16H,3-4,7-9,11-14H2,1-2H3,(H2,21,23,24);1H. The van der Waals surface area contributed by atoms with Gasteiger partial charge in [0, 0.05) is 44.5 Å². The Morgan fingerprint density at radius 2 is 2.19 bits per heavy atom. The van der Waals surface area contributed by atoms with Crippen LogP contribution >= 0.6 is 35.6 Å². The third kappa shape index (κ3) is 6.64. The molecule has 2 N–H and O–H groups in total. The molecule has 0 bridgehead atoms. The highest BCUT2D eigenvalue weighted by molar-refractivity contribution is 14.0. The minimum Gasteiger partial charge on any atom is -0.357 e. The summed E-state index contributed by atoms with van der Waals surface area (Å²) >= 11 is 6.28. The molecule has 8 heteroatoms. The van der Waals surface area contributed by atoms with Crippen molar-refractivity contribution in [3.63, 3.8) is 0 Å². The van der Waals surface area contributed by atoms with Crippen LogP contribution in [0, 0.1) is 0 Å². The Bertz CT molecular complexity index is 610. The fourth-order valence-corrected chi connectivity index (χ4v) is 3.76. The lowest BCUT2D eigenvalue weighted by molar-refractivity contribution is 0.286. The number of anilines is 1. The van der Waals surface area contributed by atoms with Gasteiger partial charge in [0.1, 0.15) is 5.82 Å². The molecule has 2 fully saturated rings. The van der Waals surface area contributed by atoms with Crippen molar-refractivity contribution in [1.29, 1.82) is 0 Å². The summed E-state index contributed by atoms with van der Waals surface area (Å²) in [7, 11) is 0. The molecule has 1 aliphatic heterocycles. The van der Waals surface area contributed by atoms with Gasteiger partial charge in [-0.25, -0.2) is 4.98 Å². The Morgan fingerprint density at radius 3 is 2.85 bits per heavy atom. The molecule has 0 aromatic carbocycles. The highest BCUT2D eigenvalue weighted by atomic mass is 127. The summed E-state index contributed by atoms with van der Waals surface area (Å²) < 4.78 is 0. The predicted molar refractivity (Wildman–Crippen MR) is 125 cm³/mol. The molecule has 1 atom stereocenters. The highest BCUT2D eigenvalue weighted by Crippen LogP contribution is 2.26. The molecular formula is C19H32ClIN6. The molecule has 0 radical (unpaired) electrons. The van der Waals surface area contributed by atoms with E-state index >= 15 is 0 Å². The van der Waals surface area contributed by atoms with Crippen molar-refractivity contribution in [2.75, 3.05) is 44.2 Å². The summed E-state index contributed by atoms with van der Waals surface area (Å²) in [6, 6.07) is 4.93. The fourth-order valence-electron chi connectivity index (χ4n) is 3.52. The first-order chi connectivity index (χ1) is 12.7. The van der Waals surface area contributed by atoms with Gasteiger partial charge in [-0.15, -0.1) is 24.0 Å². The summed E-state index contributed by atoms with van der Waals surface area (Å²) in [5.74, 6) is 1.79. The normalized spacial score (nSPS) is 19.9. The second-order valence-electron chi connectivity index (χ2n) is 7.01. The summed E-state index contributed by atoms with van der Waals surface area (Å²) in [4.78, 5) is 14.0. The maximum absolute atomic E-state index is 6.28. The Morgan fingerprint density at radius 1 is 1.37 bits per heavy atom. The Labute approximate surface area is 185 Å². The molecule has 3 rings (SSSR count). The highest BCUT2D eigenvalue weighted by Gasteiger charge is 2.27. The van der Waals surface area contributed by atoms with Crippen LogP contribution in [-0.2, 0) is 0 Å². The van der Waals surface area contributed by atoms with Gasteiger partial charge in [-0.3, -0.25) is 9.89 Å². The van der Waals surface area contributed by atoms with Crippen molar-refractivity contribution in [2.45, 2.75) is 45.2 Å². The monoisotopic (exact) mass is 506 g/mol. The van der Waals surface area contributed by atoms with Gasteiger partial charge in [-0.05, 0) is 44.9 Å². The number of aliphatic imine (C=N–C) groups is 1. The molecule has 152 valence electrons. The van der Waals surface area contributed by atoms with Crippen molar-refractivity contribution in [3.8, 4) is 0 Å². The van der Waals surface area contributed by atoms with Crippen LogP contribution in [0.3, 0.4) is 0 Å². The molecule has 1 saturated heterocycles. The molecule has 1 saturated carbocycles. The first-order valence-corrected chi connectivity index (χ1v) is 10.2. The molecular weight excluding hydrogens is 475 g/mol. The number of likely N-dealkylation sites (N-methyl/N-ethyl adjacent to an activating group) is 1. The topological polar surface area (TPSA) is 55.8 Å². The number of nitrogens with one attached hydrogen (secondary N) is 2. The lowest BCUT2D eigenvalue weighted by Crippen LogP contribution is -2.45. The first kappa shape index (κ1) is 22.5. The van der Waals surface area contributed by atoms with E-state index in [1.165, 1.54) is 12.8 Å². The molecule has 2 heterocycles. The molecule has 0 amide bonds. The zero-order valence-corrected chi connectivity index (χ0v) is 19.4. The van der Waals surface area contributed by atoms with E-state index in [1.807, 2.05) is 12.1 Å². The van der Waals surface area contributed by atoms with Crippen molar-refractivity contribution >= 4 is 47.4 Å². The number of guanidine groups is 1. The SMILES string of the molecule is CCNC(=NCCN(CC)C1CC1)NC1CCN(c2ncccc2Cl)C1.I. The van der Waals surface area contributed by atoms with Crippen molar-refractivity contribution in [1.82, 2.24) is 20.5 Å². The van der Waals surface area contributed by atoms with Crippen molar-refractivity contribution in [3.05, 3.63) is 23.4 Å². The zero-order valence-electron chi connectivity index (χ0n) is 16.3. The largest absolute Gasteiger partial charge is 0.357 e. The predicted octanol–water partition coefficient (Wildman–Crippen LogP) is 2.97. The smallest absolute Gasteiger partial charge is 0.191 e. The van der Waals surface area contributed by atoms with Gasteiger partial charge in [-0.2, -0.15) is 0 Å². The van der Waals surface area contributed by atoms with E-state index in [1.54, 1.807) is 6.20 Å². The number of rotatable bonds is 8. The maximum Gasteiger partial charge on any atom is 0.191 e.